The summed E-state index contributed by atoms with van der Waals surface area (Å²) in [6.45, 7) is 6.59. The molecule has 0 amide bonds. The molecule has 2 nitrogen and oxygen atoms in total. The summed E-state index contributed by atoms with van der Waals surface area (Å²) in [7, 11) is 2.09. The van der Waals surface area contributed by atoms with Crippen LogP contribution in [-0.2, 0) is 7.05 Å². The van der Waals surface area contributed by atoms with E-state index in [1.807, 2.05) is 0 Å². The van der Waals surface area contributed by atoms with Gasteiger partial charge in [0.2, 0.25) is 0 Å². The molecule has 1 aromatic carbocycles. The predicted molar refractivity (Wildman–Crippen MR) is 76.8 cm³/mol. The summed E-state index contributed by atoms with van der Waals surface area (Å²) in [5.41, 5.74) is 3.67. The zero-order chi connectivity index (χ0) is 12.6. The monoisotopic (exact) mass is 294 g/mol. The van der Waals surface area contributed by atoms with Gasteiger partial charge in [0, 0.05) is 7.05 Å². The smallest absolute Gasteiger partial charge is 0.123 e. The van der Waals surface area contributed by atoms with Crippen molar-refractivity contribution < 1.29 is 0 Å². The SMILES string of the molecule is CCC(Br)c1nc2cc(C(C)C)ccc2n1C. The third kappa shape index (κ3) is 2.25. The molecule has 1 heterocycles. The summed E-state index contributed by atoms with van der Waals surface area (Å²) >= 11 is 3.68. The fourth-order valence-corrected chi connectivity index (χ4v) is 2.47. The van der Waals surface area contributed by atoms with Crippen LogP contribution in [0.1, 0.15) is 49.3 Å². The maximum absolute atomic E-state index is 4.74. The lowest BCUT2D eigenvalue weighted by Crippen LogP contribution is -1.99. The van der Waals surface area contributed by atoms with Crippen molar-refractivity contribution in [2.45, 2.75) is 37.9 Å². The minimum absolute atomic E-state index is 0.336. The number of imidazole rings is 1. The number of alkyl halides is 1. The Kier molecular flexibility index (Phi) is 3.57. The molecule has 92 valence electrons. The second-order valence-electron chi connectivity index (χ2n) is 4.81. The first-order valence-electron chi connectivity index (χ1n) is 6.15. The van der Waals surface area contributed by atoms with Gasteiger partial charge < -0.3 is 4.57 Å². The molecule has 0 aliphatic carbocycles. The quantitative estimate of drug-likeness (QED) is 0.760. The van der Waals surface area contributed by atoms with Crippen LogP contribution in [0.3, 0.4) is 0 Å². The second-order valence-corrected chi connectivity index (χ2v) is 5.91. The Morgan fingerprint density at radius 2 is 2.06 bits per heavy atom. The highest BCUT2D eigenvalue weighted by molar-refractivity contribution is 9.09. The van der Waals surface area contributed by atoms with Gasteiger partial charge in [0.15, 0.2) is 0 Å². The molecule has 17 heavy (non-hydrogen) atoms. The van der Waals surface area contributed by atoms with Gasteiger partial charge in [-0.2, -0.15) is 0 Å². The third-order valence-electron chi connectivity index (χ3n) is 3.24. The number of hydrogen-bond acceptors (Lipinski definition) is 1. The molecular weight excluding hydrogens is 276 g/mol. The fraction of sp³-hybridized carbons (Fsp3) is 0.500. The van der Waals surface area contributed by atoms with Crippen LogP contribution in [-0.4, -0.2) is 9.55 Å². The molecule has 1 aromatic heterocycles. The van der Waals surface area contributed by atoms with Gasteiger partial charge in [0.05, 0.1) is 15.9 Å². The molecule has 0 spiro atoms. The Bertz CT molecular complexity index is 528. The van der Waals surface area contributed by atoms with Gasteiger partial charge in [0.25, 0.3) is 0 Å². The molecule has 0 bridgehead atoms. The number of aryl methyl sites for hydroxylation is 1. The number of hydrogen-bond donors (Lipinski definition) is 0. The Morgan fingerprint density at radius 3 is 2.65 bits per heavy atom. The molecule has 1 unspecified atom stereocenters. The number of fused-ring (bicyclic) bond motifs is 1. The molecule has 2 aromatic rings. The van der Waals surface area contributed by atoms with Crippen LogP contribution < -0.4 is 0 Å². The van der Waals surface area contributed by atoms with Crippen LogP contribution in [0, 0.1) is 0 Å². The second kappa shape index (κ2) is 4.81. The van der Waals surface area contributed by atoms with E-state index in [9.17, 15) is 0 Å². The Morgan fingerprint density at radius 1 is 1.35 bits per heavy atom. The highest BCUT2D eigenvalue weighted by Gasteiger charge is 2.14. The molecule has 0 N–H and O–H groups in total. The first-order valence-corrected chi connectivity index (χ1v) is 7.06. The lowest BCUT2D eigenvalue weighted by Gasteiger charge is -2.06. The van der Waals surface area contributed by atoms with Crippen LogP contribution >= 0.6 is 15.9 Å². The van der Waals surface area contributed by atoms with Crippen molar-refractivity contribution in [2.75, 3.05) is 0 Å². The molecule has 0 radical (unpaired) electrons. The highest BCUT2D eigenvalue weighted by Crippen LogP contribution is 2.29. The number of halogens is 1. The summed E-state index contributed by atoms with van der Waals surface area (Å²) in [6.07, 6.45) is 1.05. The molecule has 0 aliphatic heterocycles. The van der Waals surface area contributed by atoms with Gasteiger partial charge in [-0.3, -0.25) is 0 Å². The van der Waals surface area contributed by atoms with E-state index >= 15 is 0 Å². The number of nitrogens with zero attached hydrogens (tertiary/aromatic N) is 2. The lowest BCUT2D eigenvalue weighted by atomic mass is 10.0. The van der Waals surface area contributed by atoms with Crippen LogP contribution in [0.15, 0.2) is 18.2 Å². The fourth-order valence-electron chi connectivity index (χ4n) is 2.06. The first kappa shape index (κ1) is 12.6. The van der Waals surface area contributed by atoms with Crippen LogP contribution in [0.2, 0.25) is 0 Å². The predicted octanol–water partition coefficient (Wildman–Crippen LogP) is 4.54. The molecule has 3 heteroatoms. The first-order chi connectivity index (χ1) is 8.04. The van der Waals surface area contributed by atoms with E-state index in [2.05, 4.69) is 66.5 Å². The molecule has 2 rings (SSSR count). The van der Waals surface area contributed by atoms with E-state index in [-0.39, 0.29) is 0 Å². The Balaban J connectivity index is 2.57. The molecule has 1 atom stereocenters. The zero-order valence-electron chi connectivity index (χ0n) is 10.9. The Hall–Kier alpha value is -0.830. The van der Waals surface area contributed by atoms with Crippen molar-refractivity contribution in [3.8, 4) is 0 Å². The molecular formula is C14H19BrN2. The van der Waals surface area contributed by atoms with E-state index in [1.165, 1.54) is 11.1 Å². The molecule has 0 saturated carbocycles. The van der Waals surface area contributed by atoms with Crippen molar-refractivity contribution >= 4 is 27.0 Å². The topological polar surface area (TPSA) is 17.8 Å². The molecule has 0 aliphatic rings. The molecule has 0 saturated heterocycles. The molecule has 0 fully saturated rings. The van der Waals surface area contributed by atoms with Crippen LogP contribution in [0.5, 0.6) is 0 Å². The minimum Gasteiger partial charge on any atom is -0.330 e. The van der Waals surface area contributed by atoms with Crippen molar-refractivity contribution in [1.82, 2.24) is 9.55 Å². The van der Waals surface area contributed by atoms with Gasteiger partial charge in [0.1, 0.15) is 5.82 Å². The van der Waals surface area contributed by atoms with Crippen LogP contribution in [0.25, 0.3) is 11.0 Å². The van der Waals surface area contributed by atoms with E-state index in [4.69, 9.17) is 4.98 Å². The van der Waals surface area contributed by atoms with Gasteiger partial charge in [-0.15, -0.1) is 0 Å². The van der Waals surface area contributed by atoms with Gasteiger partial charge in [-0.05, 0) is 30.0 Å². The summed E-state index contributed by atoms with van der Waals surface area (Å²) in [6, 6.07) is 6.59. The van der Waals surface area contributed by atoms with Crippen molar-refractivity contribution in [1.29, 1.82) is 0 Å². The third-order valence-corrected chi connectivity index (χ3v) is 4.30. The van der Waals surface area contributed by atoms with E-state index in [0.717, 1.165) is 17.8 Å². The number of rotatable bonds is 3. The summed E-state index contributed by atoms with van der Waals surface area (Å²) in [4.78, 5) is 5.08. The largest absolute Gasteiger partial charge is 0.330 e. The van der Waals surface area contributed by atoms with Crippen LogP contribution in [0.4, 0.5) is 0 Å². The maximum atomic E-state index is 4.74. The van der Waals surface area contributed by atoms with Crippen molar-refractivity contribution in [2.24, 2.45) is 7.05 Å². The average Bonchev–Trinajstić information content (AvgIpc) is 2.65. The summed E-state index contributed by atoms with van der Waals surface area (Å²) in [5, 5.41) is 0. The minimum atomic E-state index is 0.336. The van der Waals surface area contributed by atoms with E-state index in [0.29, 0.717) is 10.7 Å². The van der Waals surface area contributed by atoms with Crippen molar-refractivity contribution in [3.05, 3.63) is 29.6 Å². The Labute approximate surface area is 111 Å². The van der Waals surface area contributed by atoms with Gasteiger partial charge >= 0.3 is 0 Å². The number of aromatic nitrogens is 2. The lowest BCUT2D eigenvalue weighted by molar-refractivity contribution is 0.767. The summed E-state index contributed by atoms with van der Waals surface area (Å²) in [5.74, 6) is 1.67. The average molecular weight is 295 g/mol. The zero-order valence-corrected chi connectivity index (χ0v) is 12.5. The standard InChI is InChI=1S/C14H19BrN2/c1-5-11(15)14-16-12-8-10(9(2)3)6-7-13(12)17(14)4/h6-9,11H,5H2,1-4H3. The number of benzene rings is 1. The maximum Gasteiger partial charge on any atom is 0.123 e. The van der Waals surface area contributed by atoms with Gasteiger partial charge in [-0.25, -0.2) is 4.98 Å². The summed E-state index contributed by atoms with van der Waals surface area (Å²) < 4.78 is 2.18. The van der Waals surface area contributed by atoms with E-state index in [1.54, 1.807) is 0 Å². The van der Waals surface area contributed by atoms with Crippen molar-refractivity contribution in [3.63, 3.8) is 0 Å². The van der Waals surface area contributed by atoms with Gasteiger partial charge in [-0.1, -0.05) is 42.8 Å². The highest BCUT2D eigenvalue weighted by atomic mass is 79.9. The normalized spacial score (nSPS) is 13.5. The van der Waals surface area contributed by atoms with E-state index < -0.39 is 0 Å².